The van der Waals surface area contributed by atoms with E-state index < -0.39 is 0 Å². The van der Waals surface area contributed by atoms with Crippen molar-refractivity contribution in [1.82, 2.24) is 0 Å². The van der Waals surface area contributed by atoms with Crippen LogP contribution in [-0.4, -0.2) is 25.2 Å². The van der Waals surface area contributed by atoms with Crippen LogP contribution in [0.25, 0.3) is 0 Å². The Kier molecular flexibility index (Phi) is 30.1. The predicted octanol–water partition coefficient (Wildman–Crippen LogP) is 3.13. The number of unbranched alkanes of at least 4 members (excludes halogenated alkanes) is 17. The zero-order chi connectivity index (χ0) is 31.5. The van der Waals surface area contributed by atoms with Crippen molar-refractivity contribution in [3.8, 4) is 0 Å². The molecule has 0 bridgehead atoms. The molecule has 2 rings (SSSR count). The molecule has 0 unspecified atom stereocenters. The smallest absolute Gasteiger partial charge is 0.338 e. The van der Waals surface area contributed by atoms with Crippen molar-refractivity contribution in [3.63, 3.8) is 0 Å². The molecule has 0 fully saturated rings. The van der Waals surface area contributed by atoms with Crippen molar-refractivity contribution < 1.29 is 76.2 Å². The van der Waals surface area contributed by atoms with Gasteiger partial charge in [-0.15, -0.1) is 0 Å². The molecule has 0 radical (unpaired) electrons. The van der Waals surface area contributed by atoms with Crippen molar-refractivity contribution in [2.75, 3.05) is 13.2 Å². The molecule has 46 heavy (non-hydrogen) atoms. The van der Waals surface area contributed by atoms with Crippen LogP contribution in [0.15, 0.2) is 49.1 Å². The summed E-state index contributed by atoms with van der Waals surface area (Å²) < 4.78 is 15.2. The fourth-order valence-electron chi connectivity index (χ4n) is 5.40. The molecule has 0 aromatic carbocycles. The van der Waals surface area contributed by atoms with Crippen LogP contribution >= 0.6 is 0 Å². The van der Waals surface area contributed by atoms with Gasteiger partial charge in [0.1, 0.15) is 13.1 Å². The predicted molar refractivity (Wildman–Crippen MR) is 178 cm³/mol. The average molecular weight is 865 g/mol. The van der Waals surface area contributed by atoms with E-state index in [1.807, 2.05) is 49.1 Å². The third-order valence-electron chi connectivity index (χ3n) is 8.30. The lowest BCUT2D eigenvalue weighted by Crippen LogP contribution is -3.00. The highest BCUT2D eigenvalue weighted by atomic mass is 127. The van der Waals surface area contributed by atoms with Crippen LogP contribution in [0.2, 0.25) is 0 Å². The summed E-state index contributed by atoms with van der Waals surface area (Å²) in [5.74, 6) is -0.528. The Bertz CT molecular complexity index is 921. The van der Waals surface area contributed by atoms with Crippen molar-refractivity contribution in [3.05, 3.63) is 60.2 Å². The number of ether oxygens (including phenoxy) is 2. The summed E-state index contributed by atoms with van der Waals surface area (Å²) in [5, 5.41) is 0. The molecule has 0 N–H and O–H groups in total. The average Bonchev–Trinajstić information content (AvgIpc) is 3.05. The molecule has 8 heteroatoms. The minimum atomic E-state index is -0.264. The number of esters is 2. The first kappa shape index (κ1) is 44.7. The van der Waals surface area contributed by atoms with Crippen molar-refractivity contribution in [2.45, 2.75) is 155 Å². The summed E-state index contributed by atoms with van der Waals surface area (Å²) in [7, 11) is 0. The number of carbonyl (C=O) groups is 2. The molecule has 0 aliphatic carbocycles. The first-order valence-electron chi connectivity index (χ1n) is 18.0. The Balaban J connectivity index is 0.0000101. The van der Waals surface area contributed by atoms with Crippen LogP contribution in [0.5, 0.6) is 0 Å². The van der Waals surface area contributed by atoms with E-state index in [0.29, 0.717) is 24.3 Å². The van der Waals surface area contributed by atoms with Crippen LogP contribution in [0.3, 0.4) is 0 Å². The number of hydrogen-bond acceptors (Lipinski definition) is 4. The van der Waals surface area contributed by atoms with Gasteiger partial charge < -0.3 is 57.4 Å². The highest BCUT2D eigenvalue weighted by Crippen LogP contribution is 2.10. The monoisotopic (exact) mass is 864 g/mol. The second-order valence-electron chi connectivity index (χ2n) is 12.3. The van der Waals surface area contributed by atoms with E-state index in [4.69, 9.17) is 9.47 Å². The standard InChI is InChI=1S/C38H62N2O4.2HI/c1-3-5-7-9-11-13-15-19-27-39-29-23-35(24-30-39)37(41)43-33-21-17-18-22-34-44-38(42)36-25-31-40(32-26-36)28-20-16-14-12-10-8-6-4-2;;/h23-26,29-32H,3-22,27-28,33-34H2,1-2H3;2*1H/q+2;;/p-2. The molecule has 0 aliphatic rings. The summed E-state index contributed by atoms with van der Waals surface area (Å²) in [6.07, 6.45) is 32.4. The fraction of sp³-hybridized carbons (Fsp3) is 0.684. The van der Waals surface area contributed by atoms with Gasteiger partial charge in [-0.1, -0.05) is 90.9 Å². The lowest BCUT2D eigenvalue weighted by Gasteiger charge is -2.06. The van der Waals surface area contributed by atoms with Gasteiger partial charge in [-0.3, -0.25) is 0 Å². The first-order chi connectivity index (χ1) is 21.6. The zero-order valence-electron chi connectivity index (χ0n) is 28.9. The molecule has 0 saturated carbocycles. The number of halogens is 2. The quantitative estimate of drug-likeness (QED) is 0.0601. The van der Waals surface area contributed by atoms with Gasteiger partial charge in [0.25, 0.3) is 0 Å². The Hall–Kier alpha value is -1.30. The van der Waals surface area contributed by atoms with E-state index >= 15 is 0 Å². The van der Waals surface area contributed by atoms with Gasteiger partial charge in [0.2, 0.25) is 0 Å². The number of pyridine rings is 2. The summed E-state index contributed by atoms with van der Waals surface area (Å²) in [6.45, 7) is 7.31. The van der Waals surface area contributed by atoms with Gasteiger partial charge >= 0.3 is 11.9 Å². The van der Waals surface area contributed by atoms with Crippen molar-refractivity contribution >= 4 is 11.9 Å². The van der Waals surface area contributed by atoms with Crippen LogP contribution in [0, 0.1) is 0 Å². The van der Waals surface area contributed by atoms with Gasteiger partial charge in [-0.05, 0) is 38.5 Å². The fourth-order valence-corrected chi connectivity index (χ4v) is 5.40. The normalized spacial score (nSPS) is 10.6. The van der Waals surface area contributed by atoms with E-state index in [-0.39, 0.29) is 59.9 Å². The largest absolute Gasteiger partial charge is 1.00 e. The second-order valence-corrected chi connectivity index (χ2v) is 12.3. The molecule has 0 atom stereocenters. The van der Waals surface area contributed by atoms with E-state index in [1.54, 1.807) is 0 Å². The number of nitrogens with zero attached hydrogens (tertiary/aromatic N) is 2. The molecule has 0 amide bonds. The molecule has 2 heterocycles. The molecule has 0 saturated heterocycles. The van der Waals surface area contributed by atoms with E-state index in [0.717, 1.165) is 38.8 Å². The maximum absolute atomic E-state index is 12.4. The zero-order valence-corrected chi connectivity index (χ0v) is 33.2. The number of carbonyl (C=O) groups excluding carboxylic acids is 2. The van der Waals surface area contributed by atoms with Crippen molar-refractivity contribution in [2.24, 2.45) is 0 Å². The Morgan fingerprint density at radius 2 is 0.739 bits per heavy atom. The summed E-state index contributed by atoms with van der Waals surface area (Å²) in [6, 6.07) is 7.41. The lowest BCUT2D eigenvalue weighted by atomic mass is 10.1. The summed E-state index contributed by atoms with van der Waals surface area (Å²) in [5.41, 5.74) is 1.20. The Labute approximate surface area is 314 Å². The van der Waals surface area contributed by atoms with Crippen LogP contribution in [0.4, 0.5) is 0 Å². The highest BCUT2D eigenvalue weighted by molar-refractivity contribution is 5.89. The maximum Gasteiger partial charge on any atom is 0.338 e. The number of rotatable bonds is 27. The second kappa shape index (κ2) is 31.0. The molecular weight excluding hydrogens is 802 g/mol. The van der Waals surface area contributed by atoms with Crippen LogP contribution in [0.1, 0.15) is 163 Å². The van der Waals surface area contributed by atoms with Crippen molar-refractivity contribution in [1.29, 1.82) is 0 Å². The molecular formula is C38H62I2N2O4. The number of aromatic nitrogens is 2. The Morgan fingerprint density at radius 3 is 1.07 bits per heavy atom. The molecule has 2 aromatic rings. The van der Waals surface area contributed by atoms with Gasteiger partial charge in [-0.2, -0.15) is 0 Å². The molecule has 6 nitrogen and oxygen atoms in total. The molecule has 2 aromatic heterocycles. The summed E-state index contributed by atoms with van der Waals surface area (Å²) >= 11 is 0. The number of aryl methyl sites for hydroxylation is 2. The van der Waals surface area contributed by atoms with Gasteiger partial charge in [-0.25, -0.2) is 18.7 Å². The SMILES string of the molecule is CCCCCCCCCC[n+]1ccc(C(=O)OCCCCCCOC(=O)c2cc[n+](CCCCCCCCCC)cc2)cc1.[I-].[I-]. The third kappa shape index (κ3) is 22.3. The van der Waals surface area contributed by atoms with Crippen LogP contribution in [-0.2, 0) is 22.6 Å². The first-order valence-corrected chi connectivity index (χ1v) is 18.0. The molecule has 262 valence electrons. The minimum absolute atomic E-state index is 0. The van der Waals surface area contributed by atoms with E-state index in [1.165, 1.54) is 103 Å². The number of hydrogen-bond donors (Lipinski definition) is 0. The topological polar surface area (TPSA) is 60.4 Å². The Morgan fingerprint density at radius 1 is 0.457 bits per heavy atom. The van der Waals surface area contributed by atoms with Crippen LogP contribution < -0.4 is 57.1 Å². The lowest BCUT2D eigenvalue weighted by molar-refractivity contribution is -0.697. The van der Waals surface area contributed by atoms with E-state index in [2.05, 4.69) is 23.0 Å². The van der Waals surface area contributed by atoms with Gasteiger partial charge in [0.15, 0.2) is 24.8 Å². The maximum atomic E-state index is 12.4. The minimum Gasteiger partial charge on any atom is -1.00 e. The molecule has 0 aliphatic heterocycles. The molecule has 0 spiro atoms. The highest BCUT2D eigenvalue weighted by Gasteiger charge is 2.11. The third-order valence-corrected chi connectivity index (χ3v) is 8.30. The van der Waals surface area contributed by atoms with Gasteiger partial charge in [0.05, 0.1) is 24.3 Å². The van der Waals surface area contributed by atoms with E-state index in [9.17, 15) is 9.59 Å². The summed E-state index contributed by atoms with van der Waals surface area (Å²) in [4.78, 5) is 24.7. The van der Waals surface area contributed by atoms with Gasteiger partial charge in [0, 0.05) is 37.1 Å².